The number of nitrogens with zero attached hydrogens (tertiary/aromatic N) is 2. The van der Waals surface area contributed by atoms with Gasteiger partial charge in [-0.15, -0.1) is 0 Å². The number of nitriles is 1. The summed E-state index contributed by atoms with van der Waals surface area (Å²) >= 11 is 0. The summed E-state index contributed by atoms with van der Waals surface area (Å²) in [4.78, 5) is 28.2. The van der Waals surface area contributed by atoms with Crippen LogP contribution in [0.5, 0.6) is 0 Å². The fourth-order valence-corrected chi connectivity index (χ4v) is 3.93. The number of fused-ring (bicyclic) bond motifs is 1. The van der Waals surface area contributed by atoms with Crippen LogP contribution >= 0.6 is 0 Å². The third-order valence-corrected chi connectivity index (χ3v) is 5.68. The molecule has 1 N–H and O–H groups in total. The Morgan fingerprint density at radius 1 is 1.06 bits per heavy atom. The minimum absolute atomic E-state index is 0.141. The first kappa shape index (κ1) is 22.3. The molecule has 5 nitrogen and oxygen atoms in total. The Balaban J connectivity index is 2.05. The molecule has 1 aliphatic heterocycles. The lowest BCUT2D eigenvalue weighted by atomic mass is 9.99. The van der Waals surface area contributed by atoms with Gasteiger partial charge in [0, 0.05) is 17.8 Å². The molecule has 0 unspecified atom stereocenters. The van der Waals surface area contributed by atoms with E-state index in [1.807, 2.05) is 56.3 Å². The summed E-state index contributed by atoms with van der Waals surface area (Å²) in [6.45, 7) is 8.81. The average molecular weight is 416 g/mol. The highest BCUT2D eigenvalue weighted by Gasteiger charge is 2.36. The summed E-state index contributed by atoms with van der Waals surface area (Å²) in [5.74, 6) is -0.389. The SMILES string of the molecule is CCc1cccc(CC)c1NC(=O)/C(C#N)=C1/C(=O)N(CCC(C)C)c2ccccc21. The highest BCUT2D eigenvalue weighted by atomic mass is 16.2. The highest BCUT2D eigenvalue weighted by Crippen LogP contribution is 2.39. The lowest BCUT2D eigenvalue weighted by molar-refractivity contribution is -0.114. The maximum absolute atomic E-state index is 13.3. The van der Waals surface area contributed by atoms with Crippen molar-refractivity contribution >= 4 is 28.8 Å². The third-order valence-electron chi connectivity index (χ3n) is 5.68. The van der Waals surface area contributed by atoms with Gasteiger partial charge in [0.15, 0.2) is 0 Å². The van der Waals surface area contributed by atoms with E-state index in [4.69, 9.17) is 0 Å². The van der Waals surface area contributed by atoms with Crippen molar-refractivity contribution in [2.45, 2.75) is 47.0 Å². The number of benzene rings is 2. The Bertz CT molecular complexity index is 1050. The molecule has 0 bridgehead atoms. The van der Waals surface area contributed by atoms with E-state index in [0.717, 1.165) is 41.8 Å². The van der Waals surface area contributed by atoms with Gasteiger partial charge in [-0.2, -0.15) is 5.26 Å². The minimum atomic E-state index is -0.540. The monoisotopic (exact) mass is 415 g/mol. The van der Waals surface area contributed by atoms with Crippen LogP contribution in [0, 0.1) is 17.2 Å². The zero-order valence-corrected chi connectivity index (χ0v) is 18.7. The van der Waals surface area contributed by atoms with Gasteiger partial charge >= 0.3 is 0 Å². The van der Waals surface area contributed by atoms with Crippen LogP contribution in [-0.2, 0) is 22.4 Å². The molecule has 0 radical (unpaired) electrons. The van der Waals surface area contributed by atoms with Crippen molar-refractivity contribution < 1.29 is 9.59 Å². The molecule has 0 saturated heterocycles. The summed E-state index contributed by atoms with van der Waals surface area (Å²) in [5.41, 5.74) is 4.19. The Morgan fingerprint density at radius 2 is 1.71 bits per heavy atom. The largest absolute Gasteiger partial charge is 0.321 e. The molecule has 2 amide bonds. The first-order valence-electron chi connectivity index (χ1n) is 10.9. The number of nitrogens with one attached hydrogen (secondary N) is 1. The maximum Gasteiger partial charge on any atom is 0.267 e. The van der Waals surface area contributed by atoms with Crippen LogP contribution in [0.1, 0.15) is 50.8 Å². The second-order valence-electron chi connectivity index (χ2n) is 8.13. The molecule has 0 fully saturated rings. The molecule has 0 saturated carbocycles. The zero-order valence-electron chi connectivity index (χ0n) is 18.7. The van der Waals surface area contributed by atoms with Crippen LogP contribution in [0.15, 0.2) is 48.0 Å². The fourth-order valence-electron chi connectivity index (χ4n) is 3.93. The first-order chi connectivity index (χ1) is 14.9. The van der Waals surface area contributed by atoms with Gasteiger partial charge in [-0.3, -0.25) is 9.59 Å². The summed E-state index contributed by atoms with van der Waals surface area (Å²) in [6.07, 6.45) is 2.35. The van der Waals surface area contributed by atoms with E-state index in [0.29, 0.717) is 18.0 Å². The summed E-state index contributed by atoms with van der Waals surface area (Å²) in [7, 11) is 0. The number of para-hydroxylation sites is 2. The lowest BCUT2D eigenvalue weighted by Crippen LogP contribution is -2.29. The first-order valence-corrected chi connectivity index (χ1v) is 10.9. The van der Waals surface area contributed by atoms with Gasteiger partial charge in [0.2, 0.25) is 0 Å². The molecule has 0 aromatic heterocycles. The quantitative estimate of drug-likeness (QED) is 0.504. The number of hydrogen-bond donors (Lipinski definition) is 1. The Labute approximate surface area is 184 Å². The van der Waals surface area contributed by atoms with Crippen molar-refractivity contribution in [3.05, 3.63) is 64.7 Å². The van der Waals surface area contributed by atoms with Crippen molar-refractivity contribution in [2.24, 2.45) is 5.92 Å². The Kier molecular flexibility index (Phi) is 6.91. The van der Waals surface area contributed by atoms with E-state index < -0.39 is 5.91 Å². The summed E-state index contributed by atoms with van der Waals surface area (Å²) in [6, 6.07) is 15.3. The van der Waals surface area contributed by atoms with Gasteiger partial charge in [0.05, 0.1) is 11.3 Å². The van der Waals surface area contributed by atoms with Gasteiger partial charge in [-0.25, -0.2) is 0 Å². The Morgan fingerprint density at radius 3 is 2.29 bits per heavy atom. The third kappa shape index (κ3) is 4.39. The molecule has 5 heteroatoms. The molecule has 31 heavy (non-hydrogen) atoms. The maximum atomic E-state index is 13.3. The lowest BCUT2D eigenvalue weighted by Gasteiger charge is -2.18. The number of carbonyl (C=O) groups is 2. The number of amides is 2. The molecule has 0 spiro atoms. The van der Waals surface area contributed by atoms with Crippen molar-refractivity contribution in [1.29, 1.82) is 5.26 Å². The van der Waals surface area contributed by atoms with Gasteiger partial charge in [-0.1, -0.05) is 64.1 Å². The van der Waals surface area contributed by atoms with E-state index in [1.165, 1.54) is 0 Å². The van der Waals surface area contributed by atoms with Gasteiger partial charge in [0.25, 0.3) is 11.8 Å². The predicted octanol–water partition coefficient (Wildman–Crippen LogP) is 5.12. The van der Waals surface area contributed by atoms with E-state index in [9.17, 15) is 14.9 Å². The Hall–Kier alpha value is -3.39. The number of hydrogen-bond acceptors (Lipinski definition) is 3. The second kappa shape index (κ2) is 9.61. The van der Waals surface area contributed by atoms with E-state index in [2.05, 4.69) is 19.2 Å². The van der Waals surface area contributed by atoms with Gasteiger partial charge in [0.1, 0.15) is 11.6 Å². The molecule has 1 heterocycles. The van der Waals surface area contributed by atoms with Crippen molar-refractivity contribution in [1.82, 2.24) is 0 Å². The van der Waals surface area contributed by atoms with E-state index >= 15 is 0 Å². The molecular weight excluding hydrogens is 386 g/mol. The molecule has 0 aliphatic carbocycles. The zero-order chi connectivity index (χ0) is 22.5. The number of rotatable bonds is 7. The van der Waals surface area contributed by atoms with Crippen LogP contribution in [-0.4, -0.2) is 18.4 Å². The van der Waals surface area contributed by atoms with Crippen LogP contribution in [0.2, 0.25) is 0 Å². The van der Waals surface area contributed by atoms with E-state index in [1.54, 1.807) is 11.0 Å². The molecule has 160 valence electrons. The molecular formula is C26H29N3O2. The van der Waals surface area contributed by atoms with Crippen LogP contribution in [0.4, 0.5) is 11.4 Å². The molecule has 3 rings (SSSR count). The normalized spacial score (nSPS) is 14.5. The van der Waals surface area contributed by atoms with Crippen LogP contribution in [0.3, 0.4) is 0 Å². The molecule has 1 aliphatic rings. The van der Waals surface area contributed by atoms with E-state index in [-0.39, 0.29) is 17.1 Å². The summed E-state index contributed by atoms with van der Waals surface area (Å²) < 4.78 is 0. The van der Waals surface area contributed by atoms with Gasteiger partial charge in [-0.05, 0) is 42.4 Å². The van der Waals surface area contributed by atoms with Crippen molar-refractivity contribution in [2.75, 3.05) is 16.8 Å². The molecule has 2 aromatic rings. The van der Waals surface area contributed by atoms with Crippen LogP contribution < -0.4 is 10.2 Å². The van der Waals surface area contributed by atoms with Crippen molar-refractivity contribution in [3.63, 3.8) is 0 Å². The predicted molar refractivity (Wildman–Crippen MR) is 125 cm³/mol. The second-order valence-corrected chi connectivity index (χ2v) is 8.13. The average Bonchev–Trinajstić information content (AvgIpc) is 3.04. The highest BCUT2D eigenvalue weighted by molar-refractivity contribution is 6.37. The number of anilines is 2. The smallest absolute Gasteiger partial charge is 0.267 e. The number of aryl methyl sites for hydroxylation is 2. The minimum Gasteiger partial charge on any atom is -0.321 e. The van der Waals surface area contributed by atoms with Crippen LogP contribution in [0.25, 0.3) is 5.57 Å². The molecule has 0 atom stereocenters. The number of carbonyl (C=O) groups excluding carboxylic acids is 2. The fraction of sp³-hybridized carbons (Fsp3) is 0.346. The van der Waals surface area contributed by atoms with Gasteiger partial charge < -0.3 is 10.2 Å². The topological polar surface area (TPSA) is 73.2 Å². The molecule has 2 aromatic carbocycles. The standard InChI is InChI=1S/C26H29N3O2/c1-5-18-10-9-11-19(6-2)24(18)28-25(30)21(16-27)23-20-12-7-8-13-22(20)29(26(23)31)15-14-17(3)4/h7-13,17H,5-6,14-15H2,1-4H3,(H,28,30)/b23-21+. The van der Waals surface area contributed by atoms with Crippen molar-refractivity contribution in [3.8, 4) is 6.07 Å². The summed E-state index contributed by atoms with van der Waals surface area (Å²) in [5, 5.41) is 12.8.